The van der Waals surface area contributed by atoms with Gasteiger partial charge in [0.2, 0.25) is 0 Å². The SMILES string of the molecule is CN(C)c1cc(NC2CCC(CNC(=O)c3ccc(F)cc3Cl)CC2)nc2ccccc12. The fourth-order valence-corrected chi connectivity index (χ4v) is 4.58. The van der Waals surface area contributed by atoms with E-state index in [-0.39, 0.29) is 10.9 Å². The van der Waals surface area contributed by atoms with Gasteiger partial charge in [-0.1, -0.05) is 29.8 Å². The highest BCUT2D eigenvalue weighted by Gasteiger charge is 2.23. The van der Waals surface area contributed by atoms with Gasteiger partial charge in [-0.3, -0.25) is 4.79 Å². The van der Waals surface area contributed by atoms with Gasteiger partial charge < -0.3 is 15.5 Å². The maximum absolute atomic E-state index is 13.2. The third kappa shape index (κ3) is 5.13. The molecular formula is C25H28ClFN4O. The molecule has 0 radical (unpaired) electrons. The number of halogens is 2. The van der Waals surface area contributed by atoms with Gasteiger partial charge in [-0.25, -0.2) is 9.37 Å². The second-order valence-electron chi connectivity index (χ2n) is 8.63. The Hall–Kier alpha value is -2.86. The van der Waals surface area contributed by atoms with Gasteiger partial charge in [0.25, 0.3) is 5.91 Å². The third-order valence-corrected chi connectivity index (χ3v) is 6.41. The largest absolute Gasteiger partial charge is 0.377 e. The number of nitrogens with zero attached hydrogens (tertiary/aromatic N) is 2. The number of rotatable bonds is 6. The van der Waals surface area contributed by atoms with Crippen molar-refractivity contribution in [1.82, 2.24) is 10.3 Å². The second-order valence-corrected chi connectivity index (χ2v) is 9.04. The van der Waals surface area contributed by atoms with E-state index in [0.29, 0.717) is 24.1 Å². The van der Waals surface area contributed by atoms with E-state index in [1.54, 1.807) is 0 Å². The molecule has 2 N–H and O–H groups in total. The van der Waals surface area contributed by atoms with Gasteiger partial charge in [-0.05, 0) is 55.9 Å². The molecule has 1 amide bonds. The smallest absolute Gasteiger partial charge is 0.252 e. The van der Waals surface area contributed by atoms with E-state index in [0.717, 1.165) is 54.2 Å². The number of carbonyl (C=O) groups excluding carboxylic acids is 1. The number of para-hydroxylation sites is 1. The van der Waals surface area contributed by atoms with Crippen LogP contribution in [0.5, 0.6) is 0 Å². The minimum atomic E-state index is -0.448. The number of nitrogens with one attached hydrogen (secondary N) is 2. The summed E-state index contributed by atoms with van der Waals surface area (Å²) in [6.45, 7) is 0.595. The molecule has 1 heterocycles. The maximum atomic E-state index is 13.2. The predicted molar refractivity (Wildman–Crippen MR) is 129 cm³/mol. The fourth-order valence-electron chi connectivity index (χ4n) is 4.33. The Morgan fingerprint density at radius 2 is 1.88 bits per heavy atom. The Labute approximate surface area is 193 Å². The summed E-state index contributed by atoms with van der Waals surface area (Å²) in [7, 11) is 4.09. The highest BCUT2D eigenvalue weighted by Crippen LogP contribution is 2.30. The van der Waals surface area contributed by atoms with Crippen molar-refractivity contribution in [2.24, 2.45) is 5.92 Å². The van der Waals surface area contributed by atoms with Crippen LogP contribution in [0.3, 0.4) is 0 Å². The number of aromatic nitrogens is 1. The zero-order chi connectivity index (χ0) is 22.7. The number of carbonyl (C=O) groups is 1. The highest BCUT2D eigenvalue weighted by atomic mass is 35.5. The fraction of sp³-hybridized carbons (Fsp3) is 0.360. The molecule has 2 aromatic carbocycles. The van der Waals surface area contributed by atoms with Crippen molar-refractivity contribution < 1.29 is 9.18 Å². The Balaban J connectivity index is 1.32. The molecule has 5 nitrogen and oxygen atoms in total. The van der Waals surface area contributed by atoms with E-state index < -0.39 is 5.82 Å². The van der Waals surface area contributed by atoms with Crippen LogP contribution in [0.4, 0.5) is 15.9 Å². The number of benzene rings is 2. The Morgan fingerprint density at radius 3 is 2.59 bits per heavy atom. The van der Waals surface area contributed by atoms with Crippen LogP contribution >= 0.6 is 11.6 Å². The summed E-state index contributed by atoms with van der Waals surface area (Å²) in [6, 6.07) is 14.5. The van der Waals surface area contributed by atoms with E-state index in [2.05, 4.69) is 27.7 Å². The lowest BCUT2D eigenvalue weighted by atomic mass is 9.86. The molecule has 0 aliphatic heterocycles. The minimum absolute atomic E-state index is 0.135. The van der Waals surface area contributed by atoms with E-state index in [1.165, 1.54) is 12.1 Å². The van der Waals surface area contributed by atoms with Crippen LogP contribution in [-0.4, -0.2) is 37.6 Å². The molecule has 0 atom stereocenters. The lowest BCUT2D eigenvalue weighted by molar-refractivity contribution is 0.0943. The van der Waals surface area contributed by atoms with Crippen molar-refractivity contribution in [2.45, 2.75) is 31.7 Å². The van der Waals surface area contributed by atoms with Crippen LogP contribution in [0.2, 0.25) is 5.02 Å². The highest BCUT2D eigenvalue weighted by molar-refractivity contribution is 6.33. The van der Waals surface area contributed by atoms with Crippen molar-refractivity contribution in [3.05, 3.63) is 64.9 Å². The van der Waals surface area contributed by atoms with Crippen LogP contribution in [0.1, 0.15) is 36.0 Å². The number of amides is 1. The first-order chi connectivity index (χ1) is 15.4. The summed E-state index contributed by atoms with van der Waals surface area (Å²) >= 11 is 5.99. The monoisotopic (exact) mass is 454 g/mol. The van der Waals surface area contributed by atoms with Crippen LogP contribution in [0.25, 0.3) is 10.9 Å². The first-order valence-electron chi connectivity index (χ1n) is 11.0. The summed E-state index contributed by atoms with van der Waals surface area (Å²) in [4.78, 5) is 19.3. The van der Waals surface area contributed by atoms with E-state index >= 15 is 0 Å². The Kier molecular flexibility index (Phi) is 6.80. The summed E-state index contributed by atoms with van der Waals surface area (Å²) in [5.74, 6) is 0.607. The van der Waals surface area contributed by atoms with E-state index in [4.69, 9.17) is 16.6 Å². The molecule has 1 fully saturated rings. The standard InChI is InChI=1S/C25H28ClFN4O/c1-31(2)23-14-24(30-22-6-4-3-5-20(22)23)29-18-10-7-16(8-11-18)15-28-25(32)19-12-9-17(27)13-21(19)26/h3-6,9,12-14,16,18H,7-8,10-11,15H2,1-2H3,(H,28,32)(H,29,30). The molecule has 3 aromatic rings. The van der Waals surface area contributed by atoms with E-state index in [1.807, 2.05) is 32.3 Å². The third-order valence-electron chi connectivity index (χ3n) is 6.10. The molecule has 1 aliphatic rings. The molecule has 0 bridgehead atoms. The Morgan fingerprint density at radius 1 is 1.12 bits per heavy atom. The van der Waals surface area contributed by atoms with Crippen LogP contribution in [0, 0.1) is 11.7 Å². The molecule has 32 heavy (non-hydrogen) atoms. The summed E-state index contributed by atoms with van der Waals surface area (Å²) in [5, 5.41) is 7.84. The van der Waals surface area contributed by atoms with Gasteiger partial charge in [-0.2, -0.15) is 0 Å². The van der Waals surface area contributed by atoms with Crippen molar-refractivity contribution in [1.29, 1.82) is 0 Å². The molecule has 0 unspecified atom stereocenters. The van der Waals surface area contributed by atoms with E-state index in [9.17, 15) is 9.18 Å². The van der Waals surface area contributed by atoms with Crippen molar-refractivity contribution >= 4 is 39.9 Å². The minimum Gasteiger partial charge on any atom is -0.377 e. The molecule has 1 aromatic heterocycles. The number of pyridine rings is 1. The topological polar surface area (TPSA) is 57.3 Å². The van der Waals surface area contributed by atoms with Crippen LogP contribution < -0.4 is 15.5 Å². The average Bonchev–Trinajstić information content (AvgIpc) is 2.78. The van der Waals surface area contributed by atoms with Crippen molar-refractivity contribution in [3.8, 4) is 0 Å². The zero-order valence-electron chi connectivity index (χ0n) is 18.4. The first kappa shape index (κ1) is 22.3. The molecule has 7 heteroatoms. The Bertz CT molecular complexity index is 1110. The molecule has 4 rings (SSSR count). The lowest BCUT2D eigenvalue weighted by Crippen LogP contribution is -2.34. The normalized spacial score (nSPS) is 18.4. The molecule has 168 valence electrons. The molecule has 0 saturated heterocycles. The summed E-state index contributed by atoms with van der Waals surface area (Å²) in [5.41, 5.74) is 2.44. The number of fused-ring (bicyclic) bond motifs is 1. The number of hydrogen-bond acceptors (Lipinski definition) is 4. The molecule has 1 aliphatic carbocycles. The zero-order valence-corrected chi connectivity index (χ0v) is 19.1. The average molecular weight is 455 g/mol. The quantitative estimate of drug-likeness (QED) is 0.516. The van der Waals surface area contributed by atoms with Crippen molar-refractivity contribution in [3.63, 3.8) is 0 Å². The van der Waals surface area contributed by atoms with Crippen molar-refractivity contribution in [2.75, 3.05) is 30.9 Å². The van der Waals surface area contributed by atoms with Gasteiger partial charge in [0, 0.05) is 43.8 Å². The predicted octanol–water partition coefficient (Wildman–Crippen LogP) is 5.49. The van der Waals surface area contributed by atoms with Gasteiger partial charge in [0.15, 0.2) is 0 Å². The molecule has 1 saturated carbocycles. The van der Waals surface area contributed by atoms with Gasteiger partial charge >= 0.3 is 0 Å². The number of anilines is 2. The summed E-state index contributed by atoms with van der Waals surface area (Å²) in [6.07, 6.45) is 4.07. The maximum Gasteiger partial charge on any atom is 0.252 e. The number of hydrogen-bond donors (Lipinski definition) is 2. The molecule has 0 spiro atoms. The second kappa shape index (κ2) is 9.74. The first-order valence-corrected chi connectivity index (χ1v) is 11.4. The molecular weight excluding hydrogens is 427 g/mol. The van der Waals surface area contributed by atoms with Gasteiger partial charge in [0.1, 0.15) is 11.6 Å². The van der Waals surface area contributed by atoms with Gasteiger partial charge in [0.05, 0.1) is 16.1 Å². The van der Waals surface area contributed by atoms with Crippen LogP contribution in [0.15, 0.2) is 48.5 Å². The van der Waals surface area contributed by atoms with Crippen LogP contribution in [-0.2, 0) is 0 Å². The lowest BCUT2D eigenvalue weighted by Gasteiger charge is -2.30. The van der Waals surface area contributed by atoms with Gasteiger partial charge in [-0.15, -0.1) is 0 Å². The summed E-state index contributed by atoms with van der Waals surface area (Å²) < 4.78 is 13.2.